The van der Waals surface area contributed by atoms with E-state index < -0.39 is 0 Å². The molecule has 0 spiro atoms. The zero-order chi connectivity index (χ0) is 11.4. The second-order valence-electron chi connectivity index (χ2n) is 3.05. The maximum atomic E-state index is 5.63. The normalized spacial score (nSPS) is 9.56. The van der Waals surface area contributed by atoms with Crippen molar-refractivity contribution < 1.29 is 59.1 Å². The predicted octanol–water partition coefficient (Wildman–Crippen LogP) is -3.94. The average molecular weight is 260 g/mol. The monoisotopic (exact) mass is 260 g/mol. The minimum atomic E-state index is 0. The van der Waals surface area contributed by atoms with Crippen molar-refractivity contribution in [1.82, 2.24) is 9.97 Å². The minimum absolute atomic E-state index is 0. The summed E-state index contributed by atoms with van der Waals surface area (Å²) < 4.78 is 0. The third-order valence-corrected chi connectivity index (χ3v) is 1.84. The van der Waals surface area contributed by atoms with E-state index in [0.29, 0.717) is 17.2 Å². The molecule has 0 bridgehead atoms. The van der Waals surface area contributed by atoms with Gasteiger partial charge in [0.15, 0.2) is 5.82 Å². The standard InChI is InChI=1S/C10H10N6.2Na/c11-9-4-3-8(10(12)14-9)16-15-7-2-1-5-13-6-7;;/h1-6H,(H4,11,12,14);;/q;2*+1. The topological polar surface area (TPSA) is 103 Å². The van der Waals surface area contributed by atoms with Crippen LogP contribution < -0.4 is 70.6 Å². The summed E-state index contributed by atoms with van der Waals surface area (Å²) in [6.45, 7) is 0. The van der Waals surface area contributed by atoms with Crippen LogP contribution in [0.25, 0.3) is 0 Å². The summed E-state index contributed by atoms with van der Waals surface area (Å²) in [6.07, 6.45) is 3.27. The molecule has 2 aromatic rings. The van der Waals surface area contributed by atoms with Crippen LogP contribution in [0.2, 0.25) is 0 Å². The largest absolute Gasteiger partial charge is 1.00 e. The van der Waals surface area contributed by atoms with E-state index in [0.717, 1.165) is 0 Å². The first-order chi connectivity index (χ1) is 7.75. The molecule has 0 aliphatic rings. The molecule has 8 heteroatoms. The van der Waals surface area contributed by atoms with Crippen molar-refractivity contribution in [2.45, 2.75) is 0 Å². The number of azo groups is 1. The van der Waals surface area contributed by atoms with Crippen LogP contribution in [0.4, 0.5) is 23.0 Å². The van der Waals surface area contributed by atoms with Crippen molar-refractivity contribution in [2.24, 2.45) is 10.2 Å². The molecular weight excluding hydrogens is 250 g/mol. The van der Waals surface area contributed by atoms with Gasteiger partial charge in [0.25, 0.3) is 0 Å². The van der Waals surface area contributed by atoms with Crippen molar-refractivity contribution in [3.8, 4) is 0 Å². The SMILES string of the molecule is Nc1ccc(N=Nc2cccnc2)c(N)n1.[Na+].[Na+]. The molecule has 0 unspecified atom stereocenters. The molecule has 6 nitrogen and oxygen atoms in total. The van der Waals surface area contributed by atoms with Crippen LogP contribution in [0.3, 0.4) is 0 Å². The quantitative estimate of drug-likeness (QED) is 0.425. The maximum Gasteiger partial charge on any atom is 1.00 e. The summed E-state index contributed by atoms with van der Waals surface area (Å²) in [5.74, 6) is 0.616. The zero-order valence-electron chi connectivity index (χ0n) is 10.4. The predicted molar refractivity (Wildman–Crippen MR) is 61.5 cm³/mol. The summed E-state index contributed by atoms with van der Waals surface area (Å²) in [5, 5.41) is 7.93. The van der Waals surface area contributed by atoms with Crippen LogP contribution >= 0.6 is 0 Å². The van der Waals surface area contributed by atoms with E-state index in [1.807, 2.05) is 0 Å². The third kappa shape index (κ3) is 5.01. The van der Waals surface area contributed by atoms with Crippen molar-refractivity contribution in [3.63, 3.8) is 0 Å². The van der Waals surface area contributed by atoms with Gasteiger partial charge >= 0.3 is 59.1 Å². The molecular formula is C10H10N6Na2+2. The number of nitrogens with two attached hydrogens (primary N) is 2. The summed E-state index contributed by atoms with van der Waals surface area (Å²) in [4.78, 5) is 7.78. The number of nitrogen functional groups attached to an aromatic ring is 2. The van der Waals surface area contributed by atoms with E-state index in [2.05, 4.69) is 20.2 Å². The van der Waals surface area contributed by atoms with Gasteiger partial charge in [-0.1, -0.05) is 0 Å². The first-order valence-electron chi connectivity index (χ1n) is 4.59. The van der Waals surface area contributed by atoms with E-state index in [4.69, 9.17) is 11.5 Å². The number of pyridine rings is 2. The molecule has 0 amide bonds. The molecule has 80 valence electrons. The van der Waals surface area contributed by atoms with Crippen molar-refractivity contribution in [1.29, 1.82) is 0 Å². The van der Waals surface area contributed by atoms with Gasteiger partial charge in [0.05, 0.1) is 6.20 Å². The minimum Gasteiger partial charge on any atom is -0.384 e. The van der Waals surface area contributed by atoms with Gasteiger partial charge < -0.3 is 11.5 Å². The fourth-order valence-electron chi connectivity index (χ4n) is 1.09. The molecule has 0 radical (unpaired) electrons. The molecule has 0 saturated carbocycles. The Morgan fingerprint density at radius 3 is 2.39 bits per heavy atom. The summed E-state index contributed by atoms with van der Waals surface area (Å²) in [6, 6.07) is 6.85. The number of anilines is 2. The molecule has 2 heterocycles. The number of hydrogen-bond acceptors (Lipinski definition) is 6. The average Bonchev–Trinajstić information content (AvgIpc) is 2.29. The van der Waals surface area contributed by atoms with Gasteiger partial charge in [0.2, 0.25) is 0 Å². The van der Waals surface area contributed by atoms with Gasteiger partial charge in [-0.15, -0.1) is 10.2 Å². The van der Waals surface area contributed by atoms with Gasteiger partial charge in [-0.25, -0.2) is 4.98 Å². The molecule has 0 atom stereocenters. The Hall–Kier alpha value is -0.500. The summed E-state index contributed by atoms with van der Waals surface area (Å²) >= 11 is 0. The Kier molecular flexibility index (Phi) is 8.34. The first kappa shape index (κ1) is 17.5. The van der Waals surface area contributed by atoms with Gasteiger partial charge in [-0.3, -0.25) is 4.98 Å². The van der Waals surface area contributed by atoms with E-state index in [-0.39, 0.29) is 64.9 Å². The van der Waals surface area contributed by atoms with Crippen LogP contribution in [0.1, 0.15) is 0 Å². The molecule has 0 saturated heterocycles. The Morgan fingerprint density at radius 2 is 1.78 bits per heavy atom. The molecule has 4 N–H and O–H groups in total. The van der Waals surface area contributed by atoms with Crippen LogP contribution in [-0.4, -0.2) is 9.97 Å². The van der Waals surface area contributed by atoms with Crippen molar-refractivity contribution >= 4 is 23.0 Å². The maximum absolute atomic E-state index is 5.63. The zero-order valence-corrected chi connectivity index (χ0v) is 14.4. The van der Waals surface area contributed by atoms with E-state index in [9.17, 15) is 0 Å². The van der Waals surface area contributed by atoms with Crippen molar-refractivity contribution in [2.75, 3.05) is 11.5 Å². The first-order valence-corrected chi connectivity index (χ1v) is 4.59. The van der Waals surface area contributed by atoms with Gasteiger partial charge in [0.1, 0.15) is 17.2 Å². The van der Waals surface area contributed by atoms with Crippen LogP contribution in [0.5, 0.6) is 0 Å². The Balaban J connectivity index is 0.00000144. The molecule has 18 heavy (non-hydrogen) atoms. The van der Waals surface area contributed by atoms with Crippen LogP contribution in [-0.2, 0) is 0 Å². The molecule has 0 aliphatic carbocycles. The molecule has 0 aromatic carbocycles. The number of aromatic nitrogens is 2. The number of hydrogen-bond donors (Lipinski definition) is 2. The van der Waals surface area contributed by atoms with E-state index >= 15 is 0 Å². The fourth-order valence-corrected chi connectivity index (χ4v) is 1.09. The van der Waals surface area contributed by atoms with Gasteiger partial charge in [-0.2, -0.15) is 0 Å². The Bertz CT molecular complexity index is 517. The second-order valence-corrected chi connectivity index (χ2v) is 3.05. The second kappa shape index (κ2) is 8.58. The Morgan fingerprint density at radius 1 is 1.00 bits per heavy atom. The summed E-state index contributed by atoms with van der Waals surface area (Å²) in [5.41, 5.74) is 12.2. The smallest absolute Gasteiger partial charge is 0.384 e. The number of rotatable bonds is 2. The number of nitrogens with zero attached hydrogens (tertiary/aromatic N) is 4. The molecule has 0 aliphatic heterocycles. The fraction of sp³-hybridized carbons (Fsp3) is 0. The Labute approximate surface area is 149 Å². The molecule has 2 rings (SSSR count). The molecule has 0 fully saturated rings. The van der Waals surface area contributed by atoms with Gasteiger partial charge in [-0.05, 0) is 24.3 Å². The van der Waals surface area contributed by atoms with Gasteiger partial charge in [0, 0.05) is 6.20 Å². The van der Waals surface area contributed by atoms with Crippen LogP contribution in [0, 0.1) is 0 Å². The summed E-state index contributed by atoms with van der Waals surface area (Å²) in [7, 11) is 0. The van der Waals surface area contributed by atoms with Crippen LogP contribution in [0.15, 0.2) is 46.9 Å². The van der Waals surface area contributed by atoms with Crippen molar-refractivity contribution in [3.05, 3.63) is 36.7 Å². The third-order valence-electron chi connectivity index (χ3n) is 1.84. The molecule has 2 aromatic heterocycles. The van der Waals surface area contributed by atoms with E-state index in [1.165, 1.54) is 0 Å². The van der Waals surface area contributed by atoms with E-state index in [1.54, 1.807) is 36.7 Å².